The number of H-pyrrole nitrogens is 1. The van der Waals surface area contributed by atoms with Crippen LogP contribution in [-0.4, -0.2) is 16.0 Å². The second-order valence-corrected chi connectivity index (χ2v) is 5.07. The van der Waals surface area contributed by atoms with Crippen molar-refractivity contribution >= 4 is 11.0 Å². The van der Waals surface area contributed by atoms with Crippen LogP contribution in [0.3, 0.4) is 0 Å². The van der Waals surface area contributed by atoms with Crippen LogP contribution in [-0.2, 0) is 6.54 Å². The van der Waals surface area contributed by atoms with Gasteiger partial charge in [-0.2, -0.15) is 0 Å². The number of hydrogen-bond acceptors (Lipinski definition) is 2. The van der Waals surface area contributed by atoms with E-state index in [0.717, 1.165) is 23.4 Å². The second kappa shape index (κ2) is 4.49. The first-order valence-corrected chi connectivity index (χ1v) is 6.50. The van der Waals surface area contributed by atoms with Gasteiger partial charge in [0.05, 0.1) is 17.6 Å². The Labute approximate surface area is 102 Å². The van der Waals surface area contributed by atoms with Gasteiger partial charge in [-0.15, -0.1) is 0 Å². The molecule has 1 aromatic heterocycles. The van der Waals surface area contributed by atoms with Crippen molar-refractivity contribution in [3.05, 3.63) is 29.6 Å². The van der Waals surface area contributed by atoms with Gasteiger partial charge in [-0.05, 0) is 37.5 Å². The van der Waals surface area contributed by atoms with Crippen molar-refractivity contribution in [2.24, 2.45) is 0 Å². The third kappa shape index (κ3) is 2.34. The van der Waals surface area contributed by atoms with Crippen LogP contribution in [0, 0.1) is 6.92 Å². The monoisotopic (exact) mass is 229 g/mol. The summed E-state index contributed by atoms with van der Waals surface area (Å²) in [5.74, 6) is 1.05. The van der Waals surface area contributed by atoms with Crippen molar-refractivity contribution in [1.82, 2.24) is 15.3 Å². The predicted molar refractivity (Wildman–Crippen MR) is 69.9 cm³/mol. The van der Waals surface area contributed by atoms with E-state index < -0.39 is 0 Å². The van der Waals surface area contributed by atoms with Gasteiger partial charge in [0, 0.05) is 6.04 Å². The Morgan fingerprint density at radius 3 is 3.00 bits per heavy atom. The van der Waals surface area contributed by atoms with Crippen molar-refractivity contribution < 1.29 is 0 Å². The SMILES string of the molecule is Cc1ccc2nc(CNC3CCCC3)[nH]c2c1. The van der Waals surface area contributed by atoms with Crippen LogP contribution in [0.25, 0.3) is 11.0 Å². The van der Waals surface area contributed by atoms with Gasteiger partial charge in [0.2, 0.25) is 0 Å². The Bertz CT molecular complexity index is 509. The number of aryl methyl sites for hydroxylation is 1. The van der Waals surface area contributed by atoms with Crippen LogP contribution < -0.4 is 5.32 Å². The van der Waals surface area contributed by atoms with Gasteiger partial charge in [0.15, 0.2) is 0 Å². The van der Waals surface area contributed by atoms with Crippen molar-refractivity contribution in [1.29, 1.82) is 0 Å². The van der Waals surface area contributed by atoms with Gasteiger partial charge in [-0.25, -0.2) is 4.98 Å². The highest BCUT2D eigenvalue weighted by Gasteiger charge is 2.14. The first-order valence-electron chi connectivity index (χ1n) is 6.50. The zero-order valence-corrected chi connectivity index (χ0v) is 10.3. The average Bonchev–Trinajstić information content (AvgIpc) is 2.94. The van der Waals surface area contributed by atoms with Gasteiger partial charge in [-0.1, -0.05) is 18.9 Å². The highest BCUT2D eigenvalue weighted by atomic mass is 15.0. The molecule has 0 aliphatic heterocycles. The molecule has 0 saturated heterocycles. The smallest absolute Gasteiger partial charge is 0.121 e. The zero-order chi connectivity index (χ0) is 11.7. The van der Waals surface area contributed by atoms with E-state index in [1.165, 1.54) is 31.2 Å². The Morgan fingerprint density at radius 1 is 1.35 bits per heavy atom. The molecule has 1 aliphatic rings. The standard InChI is InChI=1S/C14H19N3/c1-10-6-7-12-13(8-10)17-14(16-12)9-15-11-4-2-3-5-11/h6-8,11,15H,2-5,9H2,1H3,(H,16,17). The van der Waals surface area contributed by atoms with Crippen LogP contribution in [0.15, 0.2) is 18.2 Å². The number of nitrogens with one attached hydrogen (secondary N) is 2. The van der Waals surface area contributed by atoms with Crippen molar-refractivity contribution in [2.45, 2.75) is 45.2 Å². The third-order valence-corrected chi connectivity index (χ3v) is 3.60. The molecule has 3 rings (SSSR count). The van der Waals surface area contributed by atoms with Crippen molar-refractivity contribution in [3.63, 3.8) is 0 Å². The molecule has 0 spiro atoms. The van der Waals surface area contributed by atoms with Crippen molar-refractivity contribution in [3.8, 4) is 0 Å². The minimum Gasteiger partial charge on any atom is -0.341 e. The number of rotatable bonds is 3. The van der Waals surface area contributed by atoms with E-state index >= 15 is 0 Å². The molecule has 1 heterocycles. The summed E-state index contributed by atoms with van der Waals surface area (Å²) in [6.07, 6.45) is 5.38. The van der Waals surface area contributed by atoms with Crippen LogP contribution >= 0.6 is 0 Å². The molecular formula is C14H19N3. The summed E-state index contributed by atoms with van der Waals surface area (Å²) in [7, 11) is 0. The summed E-state index contributed by atoms with van der Waals surface area (Å²) in [6.45, 7) is 2.97. The molecule has 17 heavy (non-hydrogen) atoms. The lowest BCUT2D eigenvalue weighted by Crippen LogP contribution is -2.25. The summed E-state index contributed by atoms with van der Waals surface area (Å²) in [5, 5.41) is 3.58. The van der Waals surface area contributed by atoms with Gasteiger partial charge >= 0.3 is 0 Å². The van der Waals surface area contributed by atoms with E-state index in [2.05, 4.69) is 40.4 Å². The fourth-order valence-electron chi connectivity index (χ4n) is 2.63. The lowest BCUT2D eigenvalue weighted by atomic mass is 10.2. The van der Waals surface area contributed by atoms with Gasteiger partial charge < -0.3 is 10.3 Å². The summed E-state index contributed by atoms with van der Waals surface area (Å²) in [6, 6.07) is 7.05. The number of nitrogens with zero attached hydrogens (tertiary/aromatic N) is 1. The van der Waals surface area contributed by atoms with E-state index in [4.69, 9.17) is 0 Å². The molecule has 2 aromatic rings. The second-order valence-electron chi connectivity index (χ2n) is 5.07. The molecular weight excluding hydrogens is 210 g/mol. The molecule has 3 nitrogen and oxygen atoms in total. The highest BCUT2D eigenvalue weighted by molar-refractivity contribution is 5.75. The summed E-state index contributed by atoms with van der Waals surface area (Å²) < 4.78 is 0. The maximum atomic E-state index is 4.60. The molecule has 0 bridgehead atoms. The summed E-state index contributed by atoms with van der Waals surface area (Å²) in [5.41, 5.74) is 3.49. The Balaban J connectivity index is 1.72. The van der Waals surface area contributed by atoms with E-state index in [1.54, 1.807) is 0 Å². The normalized spacial score (nSPS) is 17.0. The van der Waals surface area contributed by atoms with Gasteiger partial charge in [0.1, 0.15) is 5.82 Å². The van der Waals surface area contributed by atoms with Gasteiger partial charge in [-0.3, -0.25) is 0 Å². The minimum atomic E-state index is 0.699. The van der Waals surface area contributed by atoms with E-state index in [9.17, 15) is 0 Å². The zero-order valence-electron chi connectivity index (χ0n) is 10.3. The Morgan fingerprint density at radius 2 is 2.18 bits per heavy atom. The molecule has 0 atom stereocenters. The summed E-state index contributed by atoms with van der Waals surface area (Å²) >= 11 is 0. The average molecular weight is 229 g/mol. The minimum absolute atomic E-state index is 0.699. The molecule has 90 valence electrons. The van der Waals surface area contributed by atoms with E-state index in [0.29, 0.717) is 6.04 Å². The molecule has 0 amide bonds. The van der Waals surface area contributed by atoms with E-state index in [1.807, 2.05) is 0 Å². The highest BCUT2D eigenvalue weighted by Crippen LogP contribution is 2.18. The first-order chi connectivity index (χ1) is 8.31. The molecule has 1 saturated carbocycles. The first kappa shape index (κ1) is 10.8. The quantitative estimate of drug-likeness (QED) is 0.849. The maximum Gasteiger partial charge on any atom is 0.121 e. The fourth-order valence-corrected chi connectivity index (χ4v) is 2.63. The number of imidazole rings is 1. The molecule has 0 radical (unpaired) electrons. The number of hydrogen-bond donors (Lipinski definition) is 2. The maximum absolute atomic E-state index is 4.60. The number of benzene rings is 1. The predicted octanol–water partition coefficient (Wildman–Crippen LogP) is 2.90. The lowest BCUT2D eigenvalue weighted by molar-refractivity contribution is 0.516. The Kier molecular flexibility index (Phi) is 2.85. The lowest BCUT2D eigenvalue weighted by Gasteiger charge is -2.09. The van der Waals surface area contributed by atoms with E-state index in [-0.39, 0.29) is 0 Å². The summed E-state index contributed by atoms with van der Waals surface area (Å²) in [4.78, 5) is 7.98. The molecule has 1 aromatic carbocycles. The fraction of sp³-hybridized carbons (Fsp3) is 0.500. The molecule has 3 heteroatoms. The topological polar surface area (TPSA) is 40.7 Å². The van der Waals surface area contributed by atoms with Gasteiger partial charge in [0.25, 0.3) is 0 Å². The van der Waals surface area contributed by atoms with Crippen LogP contribution in [0.2, 0.25) is 0 Å². The van der Waals surface area contributed by atoms with Crippen LogP contribution in [0.1, 0.15) is 37.1 Å². The molecule has 2 N–H and O–H groups in total. The van der Waals surface area contributed by atoms with Crippen LogP contribution in [0.4, 0.5) is 0 Å². The Hall–Kier alpha value is -1.35. The molecule has 1 aliphatic carbocycles. The third-order valence-electron chi connectivity index (χ3n) is 3.60. The number of aromatic amines is 1. The van der Waals surface area contributed by atoms with Crippen LogP contribution in [0.5, 0.6) is 0 Å². The molecule has 1 fully saturated rings. The van der Waals surface area contributed by atoms with Crippen molar-refractivity contribution in [2.75, 3.05) is 0 Å². The number of aromatic nitrogens is 2. The number of fused-ring (bicyclic) bond motifs is 1. The largest absolute Gasteiger partial charge is 0.341 e. The molecule has 0 unspecified atom stereocenters.